The third-order valence-corrected chi connectivity index (χ3v) is 3.67. The zero-order chi connectivity index (χ0) is 16.2. The lowest BCUT2D eigenvalue weighted by molar-refractivity contribution is -0.117. The van der Waals surface area contributed by atoms with E-state index in [0.29, 0.717) is 16.6 Å². The summed E-state index contributed by atoms with van der Waals surface area (Å²) >= 11 is 3.32. The van der Waals surface area contributed by atoms with Crippen LogP contribution in [0.25, 0.3) is 0 Å². The Morgan fingerprint density at radius 3 is 2.48 bits per heavy atom. The number of carboxylic acid groups (broad SMARTS) is 1. The highest BCUT2D eigenvalue weighted by atomic mass is 79.9. The maximum Gasteiger partial charge on any atom is 0.335 e. The Bertz CT molecular complexity index is 535. The minimum atomic E-state index is -1.01. The number of benzene rings is 1. The van der Waals surface area contributed by atoms with Crippen LogP contribution in [-0.4, -0.2) is 17.0 Å². The van der Waals surface area contributed by atoms with E-state index in [9.17, 15) is 9.59 Å². The number of halogens is 1. The summed E-state index contributed by atoms with van der Waals surface area (Å²) in [6, 6.07) is 4.57. The van der Waals surface area contributed by atoms with Crippen molar-refractivity contribution in [1.82, 2.24) is 0 Å². The number of carboxylic acids is 1. The van der Waals surface area contributed by atoms with Gasteiger partial charge >= 0.3 is 5.97 Å². The number of hydrogen-bond acceptors (Lipinski definition) is 2. The van der Waals surface area contributed by atoms with Crippen molar-refractivity contribution in [2.75, 3.05) is 5.32 Å². The predicted octanol–water partition coefficient (Wildman–Crippen LogP) is 4.55. The van der Waals surface area contributed by atoms with E-state index >= 15 is 0 Å². The van der Waals surface area contributed by atoms with Crippen LogP contribution < -0.4 is 5.32 Å². The number of carbonyl (C=O) groups is 2. The Morgan fingerprint density at radius 2 is 1.95 bits per heavy atom. The third kappa shape index (κ3) is 6.29. The van der Waals surface area contributed by atoms with Gasteiger partial charge in [0.25, 0.3) is 0 Å². The third-order valence-electron chi connectivity index (χ3n) is 2.98. The fourth-order valence-electron chi connectivity index (χ4n) is 2.39. The normalized spacial score (nSPS) is 12.8. The fraction of sp³-hybridized carbons (Fsp3) is 0.500. The number of rotatable bonds is 5. The second kappa shape index (κ2) is 7.07. The fourth-order valence-corrected chi connectivity index (χ4v) is 2.74. The van der Waals surface area contributed by atoms with Gasteiger partial charge in [-0.05, 0) is 51.9 Å². The van der Waals surface area contributed by atoms with Crippen molar-refractivity contribution in [2.45, 2.75) is 40.5 Å². The van der Waals surface area contributed by atoms with E-state index in [0.717, 1.165) is 6.42 Å². The van der Waals surface area contributed by atoms with Crippen LogP contribution in [0.1, 0.15) is 50.9 Å². The van der Waals surface area contributed by atoms with Gasteiger partial charge in [-0.2, -0.15) is 0 Å². The minimum Gasteiger partial charge on any atom is -0.478 e. The molecule has 1 amide bonds. The van der Waals surface area contributed by atoms with Crippen LogP contribution in [0.5, 0.6) is 0 Å². The first kappa shape index (κ1) is 17.7. The highest BCUT2D eigenvalue weighted by molar-refractivity contribution is 9.10. The topological polar surface area (TPSA) is 66.4 Å². The molecule has 0 fully saturated rings. The molecule has 4 nitrogen and oxygen atoms in total. The lowest BCUT2D eigenvalue weighted by Crippen LogP contribution is -2.19. The Morgan fingerprint density at radius 1 is 1.33 bits per heavy atom. The summed E-state index contributed by atoms with van der Waals surface area (Å²) < 4.78 is 0.671. The molecule has 1 atom stereocenters. The number of carbonyl (C=O) groups excluding carboxylic acids is 1. The van der Waals surface area contributed by atoms with Gasteiger partial charge in [-0.15, -0.1) is 0 Å². The van der Waals surface area contributed by atoms with Crippen LogP contribution in [0, 0.1) is 11.3 Å². The van der Waals surface area contributed by atoms with Gasteiger partial charge in [0, 0.05) is 10.9 Å². The van der Waals surface area contributed by atoms with Gasteiger partial charge in [-0.1, -0.05) is 27.7 Å². The predicted molar refractivity (Wildman–Crippen MR) is 87.6 cm³/mol. The smallest absolute Gasteiger partial charge is 0.335 e. The van der Waals surface area contributed by atoms with E-state index in [1.54, 1.807) is 6.07 Å². The Hall–Kier alpha value is -1.36. The van der Waals surface area contributed by atoms with Gasteiger partial charge in [-0.3, -0.25) is 4.79 Å². The van der Waals surface area contributed by atoms with Gasteiger partial charge in [-0.25, -0.2) is 4.79 Å². The van der Waals surface area contributed by atoms with E-state index in [4.69, 9.17) is 5.11 Å². The van der Waals surface area contributed by atoms with Gasteiger partial charge in [0.1, 0.15) is 0 Å². The molecule has 0 aliphatic rings. The van der Waals surface area contributed by atoms with Gasteiger partial charge in [0.15, 0.2) is 0 Å². The molecule has 2 N–H and O–H groups in total. The number of hydrogen-bond donors (Lipinski definition) is 2. The molecule has 0 radical (unpaired) electrons. The van der Waals surface area contributed by atoms with E-state index in [-0.39, 0.29) is 22.8 Å². The van der Waals surface area contributed by atoms with Gasteiger partial charge < -0.3 is 10.4 Å². The quantitative estimate of drug-likeness (QED) is 0.814. The summed E-state index contributed by atoms with van der Waals surface area (Å²) in [5.74, 6) is -0.847. The molecule has 0 saturated heterocycles. The van der Waals surface area contributed by atoms with E-state index in [1.165, 1.54) is 12.1 Å². The summed E-state index contributed by atoms with van der Waals surface area (Å²) in [6.45, 7) is 8.49. The number of anilines is 1. The van der Waals surface area contributed by atoms with Crippen molar-refractivity contribution in [2.24, 2.45) is 11.3 Å². The molecular weight excluding hydrogens is 334 g/mol. The highest BCUT2D eigenvalue weighted by Crippen LogP contribution is 2.27. The van der Waals surface area contributed by atoms with Crippen molar-refractivity contribution in [3.63, 3.8) is 0 Å². The lowest BCUT2D eigenvalue weighted by Gasteiger charge is -2.22. The first-order chi connectivity index (χ1) is 9.58. The highest BCUT2D eigenvalue weighted by Gasteiger charge is 2.18. The second-order valence-corrected chi connectivity index (χ2v) is 7.48. The molecule has 1 aromatic rings. The molecule has 1 unspecified atom stereocenters. The summed E-state index contributed by atoms with van der Waals surface area (Å²) in [4.78, 5) is 23.0. The van der Waals surface area contributed by atoms with Crippen LogP contribution in [0.3, 0.4) is 0 Å². The Balaban J connectivity index is 2.71. The molecule has 0 saturated carbocycles. The van der Waals surface area contributed by atoms with Crippen molar-refractivity contribution in [3.05, 3.63) is 28.2 Å². The zero-order valence-corrected chi connectivity index (χ0v) is 14.5. The lowest BCUT2D eigenvalue weighted by atomic mass is 9.84. The van der Waals surface area contributed by atoms with E-state index in [2.05, 4.69) is 42.0 Å². The van der Waals surface area contributed by atoms with Crippen LogP contribution in [0.2, 0.25) is 0 Å². The molecule has 0 heterocycles. The zero-order valence-electron chi connectivity index (χ0n) is 12.9. The first-order valence-corrected chi connectivity index (χ1v) is 7.70. The molecule has 0 bridgehead atoms. The largest absolute Gasteiger partial charge is 0.478 e. The van der Waals surface area contributed by atoms with Gasteiger partial charge in [0.2, 0.25) is 5.91 Å². The molecular formula is C16H22BrNO3. The average Bonchev–Trinajstić information content (AvgIpc) is 2.28. The molecule has 0 aliphatic heterocycles. The van der Waals surface area contributed by atoms with Crippen LogP contribution >= 0.6 is 15.9 Å². The van der Waals surface area contributed by atoms with Gasteiger partial charge in [0.05, 0.1) is 11.3 Å². The standard InChI is InChI=1S/C16H22BrNO3/c1-10(9-16(2,3)4)7-14(19)18-13-8-11(15(20)21)5-6-12(13)17/h5-6,8,10H,7,9H2,1-4H3,(H,18,19)(H,20,21). The Labute approximate surface area is 134 Å². The maximum atomic E-state index is 12.1. The molecule has 0 aromatic heterocycles. The SMILES string of the molecule is CC(CC(=O)Nc1cc(C(=O)O)ccc1Br)CC(C)(C)C. The molecule has 0 spiro atoms. The number of nitrogens with one attached hydrogen (secondary N) is 1. The molecule has 1 rings (SSSR count). The molecule has 5 heteroatoms. The molecule has 1 aromatic carbocycles. The van der Waals surface area contributed by atoms with Crippen molar-refractivity contribution < 1.29 is 14.7 Å². The molecule has 0 aliphatic carbocycles. The minimum absolute atomic E-state index is 0.102. The van der Waals surface area contributed by atoms with Crippen molar-refractivity contribution in [1.29, 1.82) is 0 Å². The average molecular weight is 356 g/mol. The number of amides is 1. The summed E-state index contributed by atoms with van der Waals surface area (Å²) in [5, 5.41) is 11.8. The summed E-state index contributed by atoms with van der Waals surface area (Å²) in [7, 11) is 0. The summed E-state index contributed by atoms with van der Waals surface area (Å²) in [6.07, 6.45) is 1.37. The Kier molecular flexibility index (Phi) is 5.96. The van der Waals surface area contributed by atoms with Crippen molar-refractivity contribution in [3.8, 4) is 0 Å². The number of aromatic carboxylic acids is 1. The second-order valence-electron chi connectivity index (χ2n) is 6.62. The van der Waals surface area contributed by atoms with Crippen molar-refractivity contribution >= 4 is 33.5 Å². The first-order valence-electron chi connectivity index (χ1n) is 6.91. The van der Waals surface area contributed by atoms with Crippen LogP contribution in [0.15, 0.2) is 22.7 Å². The van der Waals surface area contributed by atoms with E-state index in [1.807, 2.05) is 6.92 Å². The monoisotopic (exact) mass is 355 g/mol. The molecule has 21 heavy (non-hydrogen) atoms. The van der Waals surface area contributed by atoms with E-state index < -0.39 is 5.97 Å². The maximum absolute atomic E-state index is 12.1. The summed E-state index contributed by atoms with van der Waals surface area (Å²) in [5.41, 5.74) is 0.822. The van der Waals surface area contributed by atoms with Crippen LogP contribution in [-0.2, 0) is 4.79 Å². The molecule has 116 valence electrons. The van der Waals surface area contributed by atoms with Crippen LogP contribution in [0.4, 0.5) is 5.69 Å².